The molecule has 22 heavy (non-hydrogen) atoms. The van der Waals surface area contributed by atoms with Crippen molar-refractivity contribution in [1.82, 2.24) is 19.9 Å². The number of nitrogens with zero attached hydrogens (tertiary/aromatic N) is 4. The third-order valence-electron chi connectivity index (χ3n) is 3.54. The second-order valence-corrected chi connectivity index (χ2v) is 4.92. The lowest BCUT2D eigenvalue weighted by molar-refractivity contribution is -0.0249. The van der Waals surface area contributed by atoms with Gasteiger partial charge in [0.2, 0.25) is 0 Å². The van der Waals surface area contributed by atoms with E-state index < -0.39 is 0 Å². The molecule has 3 rings (SSSR count). The minimum absolute atomic E-state index is 0.131. The zero-order chi connectivity index (χ0) is 15.4. The third-order valence-corrected chi connectivity index (χ3v) is 3.54. The monoisotopic (exact) mass is 299 g/mol. The van der Waals surface area contributed by atoms with Gasteiger partial charge in [0, 0.05) is 26.0 Å². The molecule has 1 atom stereocenters. The summed E-state index contributed by atoms with van der Waals surface area (Å²) in [6.07, 6.45) is 6.07. The van der Waals surface area contributed by atoms with Gasteiger partial charge < -0.3 is 15.0 Å². The van der Waals surface area contributed by atoms with Gasteiger partial charge in [-0.25, -0.2) is 4.98 Å². The van der Waals surface area contributed by atoms with Crippen LogP contribution in [0.3, 0.4) is 0 Å². The molecule has 1 amide bonds. The molecule has 0 aromatic carbocycles. The molecule has 2 aromatic heterocycles. The molecule has 3 heterocycles. The molecular weight excluding hydrogens is 282 g/mol. The van der Waals surface area contributed by atoms with Crippen molar-refractivity contribution in [2.45, 2.75) is 6.10 Å². The number of carbonyl (C=O) groups is 1. The van der Waals surface area contributed by atoms with Crippen molar-refractivity contribution in [2.24, 2.45) is 0 Å². The number of hydrogen-bond acceptors (Lipinski definition) is 6. The molecule has 1 N–H and O–H groups in total. The Balaban J connectivity index is 1.72. The van der Waals surface area contributed by atoms with E-state index in [4.69, 9.17) is 4.74 Å². The molecule has 7 heteroatoms. The van der Waals surface area contributed by atoms with Gasteiger partial charge in [-0.2, -0.15) is 0 Å². The van der Waals surface area contributed by atoms with E-state index in [1.165, 1.54) is 12.4 Å². The van der Waals surface area contributed by atoms with Gasteiger partial charge in [0.25, 0.3) is 5.91 Å². The van der Waals surface area contributed by atoms with Crippen LogP contribution in [-0.2, 0) is 4.74 Å². The van der Waals surface area contributed by atoms with Crippen molar-refractivity contribution in [3.63, 3.8) is 0 Å². The molecule has 0 unspecified atom stereocenters. The first kappa shape index (κ1) is 14.4. The summed E-state index contributed by atoms with van der Waals surface area (Å²) < 4.78 is 5.74. The minimum atomic E-state index is -0.222. The van der Waals surface area contributed by atoms with Crippen molar-refractivity contribution in [2.75, 3.05) is 32.1 Å². The summed E-state index contributed by atoms with van der Waals surface area (Å²) in [5, 5.41) is 3.02. The Kier molecular flexibility index (Phi) is 4.24. The maximum Gasteiger partial charge on any atom is 0.274 e. The molecule has 114 valence electrons. The number of amides is 1. The van der Waals surface area contributed by atoms with Gasteiger partial charge in [-0.05, 0) is 12.1 Å². The van der Waals surface area contributed by atoms with Gasteiger partial charge in [-0.3, -0.25) is 14.8 Å². The van der Waals surface area contributed by atoms with Crippen LogP contribution in [0.2, 0.25) is 0 Å². The number of anilines is 1. The number of morpholine rings is 1. The molecule has 1 saturated heterocycles. The topological polar surface area (TPSA) is 80.2 Å². The highest BCUT2D eigenvalue weighted by atomic mass is 16.5. The Morgan fingerprint density at radius 1 is 1.32 bits per heavy atom. The fraction of sp³-hybridized carbons (Fsp3) is 0.333. The van der Waals surface area contributed by atoms with Crippen molar-refractivity contribution < 1.29 is 9.53 Å². The van der Waals surface area contributed by atoms with Crippen LogP contribution in [0.15, 0.2) is 36.9 Å². The maximum atomic E-state index is 12.4. The molecule has 1 aliphatic heterocycles. The summed E-state index contributed by atoms with van der Waals surface area (Å²) in [5.74, 6) is -0.131. The minimum Gasteiger partial charge on any atom is -0.387 e. The maximum absolute atomic E-state index is 12.4. The lowest BCUT2D eigenvalue weighted by atomic mass is 10.1. The van der Waals surface area contributed by atoms with E-state index in [1.807, 2.05) is 19.2 Å². The number of aromatic nitrogens is 3. The number of rotatable bonds is 3. The van der Waals surface area contributed by atoms with Crippen LogP contribution >= 0.6 is 0 Å². The molecule has 0 aliphatic carbocycles. The quantitative estimate of drug-likeness (QED) is 0.915. The standard InChI is InChI=1S/C15H17N5O2/c1-16-11-2-3-12(19-8-11)14-10-20(6-7-22-14)15(21)13-9-17-4-5-18-13/h2-5,8-9,14,16H,6-7,10H2,1H3/t14-/m1/s1. The fourth-order valence-corrected chi connectivity index (χ4v) is 2.33. The average molecular weight is 299 g/mol. The van der Waals surface area contributed by atoms with E-state index >= 15 is 0 Å². The van der Waals surface area contributed by atoms with E-state index in [9.17, 15) is 4.79 Å². The predicted molar refractivity (Wildman–Crippen MR) is 80.4 cm³/mol. The van der Waals surface area contributed by atoms with Crippen LogP contribution < -0.4 is 5.32 Å². The van der Waals surface area contributed by atoms with Crippen LogP contribution in [0.1, 0.15) is 22.3 Å². The van der Waals surface area contributed by atoms with E-state index in [2.05, 4.69) is 20.3 Å². The normalized spacial score (nSPS) is 18.0. The summed E-state index contributed by atoms with van der Waals surface area (Å²) in [4.78, 5) is 26.5. The second-order valence-electron chi connectivity index (χ2n) is 4.92. The van der Waals surface area contributed by atoms with E-state index in [-0.39, 0.29) is 12.0 Å². The molecule has 7 nitrogen and oxygen atoms in total. The van der Waals surface area contributed by atoms with Crippen molar-refractivity contribution in [1.29, 1.82) is 0 Å². The van der Waals surface area contributed by atoms with E-state index in [0.29, 0.717) is 25.4 Å². The Bertz CT molecular complexity index is 632. The Hall–Kier alpha value is -2.54. The largest absolute Gasteiger partial charge is 0.387 e. The van der Waals surface area contributed by atoms with Gasteiger partial charge in [-0.1, -0.05) is 0 Å². The van der Waals surface area contributed by atoms with Crippen molar-refractivity contribution in [3.8, 4) is 0 Å². The number of nitrogens with one attached hydrogen (secondary N) is 1. The lowest BCUT2D eigenvalue weighted by Gasteiger charge is -2.32. The number of hydrogen-bond donors (Lipinski definition) is 1. The SMILES string of the molecule is CNc1ccc([C@H]2CN(C(=O)c3cnccn3)CCO2)nc1. The molecule has 1 aliphatic rings. The third kappa shape index (κ3) is 3.04. The van der Waals surface area contributed by atoms with Crippen molar-refractivity contribution in [3.05, 3.63) is 48.3 Å². The Morgan fingerprint density at radius 2 is 2.23 bits per heavy atom. The number of carbonyl (C=O) groups excluding carboxylic acids is 1. The van der Waals surface area contributed by atoms with E-state index in [0.717, 1.165) is 11.4 Å². The summed E-state index contributed by atoms with van der Waals surface area (Å²) in [6, 6.07) is 3.85. The molecule has 2 aromatic rings. The molecule has 1 fully saturated rings. The van der Waals surface area contributed by atoms with Crippen LogP contribution in [-0.4, -0.2) is 52.5 Å². The summed E-state index contributed by atoms with van der Waals surface area (Å²) in [5.41, 5.74) is 2.10. The van der Waals surface area contributed by atoms with Crippen LogP contribution in [0.25, 0.3) is 0 Å². The first-order valence-electron chi connectivity index (χ1n) is 7.08. The number of pyridine rings is 1. The molecule has 0 saturated carbocycles. The average Bonchev–Trinajstić information content (AvgIpc) is 2.62. The van der Waals surface area contributed by atoms with Crippen molar-refractivity contribution >= 4 is 11.6 Å². The van der Waals surface area contributed by atoms with Gasteiger partial charge >= 0.3 is 0 Å². The summed E-state index contributed by atoms with van der Waals surface area (Å²) in [6.45, 7) is 1.48. The predicted octanol–water partition coefficient (Wildman–Crippen LogP) is 1.13. The molecule has 0 radical (unpaired) electrons. The first-order chi connectivity index (χ1) is 10.8. The highest BCUT2D eigenvalue weighted by Gasteiger charge is 2.27. The fourth-order valence-electron chi connectivity index (χ4n) is 2.33. The van der Waals surface area contributed by atoms with Gasteiger partial charge in [0.05, 0.1) is 36.9 Å². The highest BCUT2D eigenvalue weighted by Crippen LogP contribution is 2.22. The molecule has 0 bridgehead atoms. The Morgan fingerprint density at radius 3 is 2.91 bits per heavy atom. The zero-order valence-electron chi connectivity index (χ0n) is 12.3. The molecule has 0 spiro atoms. The zero-order valence-corrected chi connectivity index (χ0v) is 12.3. The van der Waals surface area contributed by atoms with Gasteiger partial charge in [0.15, 0.2) is 0 Å². The first-order valence-corrected chi connectivity index (χ1v) is 7.08. The summed E-state index contributed by atoms with van der Waals surface area (Å²) in [7, 11) is 1.84. The molecular formula is C15H17N5O2. The smallest absolute Gasteiger partial charge is 0.274 e. The summed E-state index contributed by atoms with van der Waals surface area (Å²) >= 11 is 0. The number of ether oxygens (including phenoxy) is 1. The van der Waals surface area contributed by atoms with Crippen LogP contribution in [0, 0.1) is 0 Å². The van der Waals surface area contributed by atoms with Gasteiger partial charge in [0.1, 0.15) is 11.8 Å². The van der Waals surface area contributed by atoms with Gasteiger partial charge in [-0.15, -0.1) is 0 Å². The lowest BCUT2D eigenvalue weighted by Crippen LogP contribution is -2.42. The van der Waals surface area contributed by atoms with Crippen LogP contribution in [0.5, 0.6) is 0 Å². The van der Waals surface area contributed by atoms with E-state index in [1.54, 1.807) is 17.3 Å². The highest BCUT2D eigenvalue weighted by molar-refractivity contribution is 5.92. The van der Waals surface area contributed by atoms with Crippen LogP contribution in [0.4, 0.5) is 5.69 Å². The second kappa shape index (κ2) is 6.48. The Labute approximate surface area is 128 Å².